The number of hydrogen-bond acceptors (Lipinski definition) is 1. The third kappa shape index (κ3) is 3.73. The van der Waals surface area contributed by atoms with E-state index in [1.807, 2.05) is 6.92 Å². The fourth-order valence-corrected chi connectivity index (χ4v) is 2.57. The highest BCUT2D eigenvalue weighted by Crippen LogP contribution is 2.34. The van der Waals surface area contributed by atoms with Crippen LogP contribution in [0.2, 0.25) is 10.0 Å². The van der Waals surface area contributed by atoms with Crippen LogP contribution in [0.5, 0.6) is 0 Å². The Morgan fingerprint density at radius 3 is 2.57 bits per heavy atom. The zero-order valence-electron chi connectivity index (χ0n) is 11.5. The highest BCUT2D eigenvalue weighted by Gasteiger charge is 2.21. The lowest BCUT2D eigenvalue weighted by Gasteiger charge is -2.21. The van der Waals surface area contributed by atoms with Gasteiger partial charge in [-0.3, -0.25) is 0 Å². The van der Waals surface area contributed by atoms with Crippen LogP contribution in [0.1, 0.15) is 30.5 Å². The molecule has 2 rings (SSSR count). The summed E-state index contributed by atoms with van der Waals surface area (Å²) < 4.78 is 27.6. The smallest absolute Gasteiger partial charge is 0.128 e. The molecule has 0 aliphatic carbocycles. The van der Waals surface area contributed by atoms with Crippen molar-refractivity contribution in [3.8, 4) is 0 Å². The average Bonchev–Trinajstić information content (AvgIpc) is 2.47. The first kappa shape index (κ1) is 16.2. The molecule has 5 heteroatoms. The first-order valence-electron chi connectivity index (χ1n) is 6.66. The number of benzene rings is 2. The van der Waals surface area contributed by atoms with Crippen LogP contribution in [0.25, 0.3) is 0 Å². The molecule has 0 fully saturated rings. The van der Waals surface area contributed by atoms with Gasteiger partial charge in [0.1, 0.15) is 11.6 Å². The van der Waals surface area contributed by atoms with Gasteiger partial charge in [-0.2, -0.15) is 0 Å². The molecule has 1 N–H and O–H groups in total. The van der Waals surface area contributed by atoms with Gasteiger partial charge in [-0.25, -0.2) is 8.78 Å². The molecular weight excluding hydrogens is 315 g/mol. The van der Waals surface area contributed by atoms with E-state index in [1.165, 1.54) is 6.07 Å². The van der Waals surface area contributed by atoms with Gasteiger partial charge in [0.15, 0.2) is 0 Å². The maximum Gasteiger partial charge on any atom is 0.128 e. The van der Waals surface area contributed by atoms with E-state index in [0.717, 1.165) is 18.6 Å². The lowest BCUT2D eigenvalue weighted by Crippen LogP contribution is -2.24. The first-order chi connectivity index (χ1) is 10.0. The van der Waals surface area contributed by atoms with Crippen LogP contribution in [0.4, 0.5) is 8.78 Å². The van der Waals surface area contributed by atoms with Crippen LogP contribution in [-0.4, -0.2) is 6.54 Å². The summed E-state index contributed by atoms with van der Waals surface area (Å²) in [6, 6.07) is 7.99. The van der Waals surface area contributed by atoms with E-state index in [-0.39, 0.29) is 5.56 Å². The molecule has 0 saturated heterocycles. The molecule has 1 nitrogen and oxygen atoms in total. The highest BCUT2D eigenvalue weighted by atomic mass is 35.5. The molecule has 0 radical (unpaired) electrons. The lowest BCUT2D eigenvalue weighted by atomic mass is 9.97. The summed E-state index contributed by atoms with van der Waals surface area (Å²) in [6.45, 7) is 2.63. The van der Waals surface area contributed by atoms with E-state index >= 15 is 0 Å². The number of halogens is 4. The minimum atomic E-state index is -0.549. The topological polar surface area (TPSA) is 12.0 Å². The second-order valence-corrected chi connectivity index (χ2v) is 5.48. The van der Waals surface area contributed by atoms with E-state index in [4.69, 9.17) is 23.2 Å². The van der Waals surface area contributed by atoms with Crippen LogP contribution >= 0.6 is 23.2 Å². The summed E-state index contributed by atoms with van der Waals surface area (Å²) in [7, 11) is 0. The van der Waals surface area contributed by atoms with Crippen molar-refractivity contribution in [3.63, 3.8) is 0 Å². The van der Waals surface area contributed by atoms with Crippen LogP contribution < -0.4 is 5.32 Å². The third-order valence-corrected chi connectivity index (χ3v) is 3.99. The quantitative estimate of drug-likeness (QED) is 0.778. The number of rotatable bonds is 5. The van der Waals surface area contributed by atoms with E-state index < -0.39 is 17.7 Å². The number of hydrogen-bond donors (Lipinski definition) is 1. The molecule has 112 valence electrons. The normalized spacial score (nSPS) is 12.4. The Labute approximate surface area is 132 Å². The molecule has 0 aliphatic heterocycles. The largest absolute Gasteiger partial charge is 0.306 e. The summed E-state index contributed by atoms with van der Waals surface area (Å²) in [5.41, 5.74) is 0.842. The second-order valence-electron chi connectivity index (χ2n) is 4.70. The van der Waals surface area contributed by atoms with Crippen molar-refractivity contribution < 1.29 is 8.78 Å². The maximum atomic E-state index is 14.1. The maximum absolute atomic E-state index is 14.1. The first-order valence-corrected chi connectivity index (χ1v) is 7.42. The zero-order chi connectivity index (χ0) is 15.4. The SMILES string of the molecule is CCCNC(c1cc(F)ccc1F)c1cccc(Cl)c1Cl. The van der Waals surface area contributed by atoms with Crippen molar-refractivity contribution in [2.75, 3.05) is 6.54 Å². The van der Waals surface area contributed by atoms with E-state index in [9.17, 15) is 8.78 Å². The van der Waals surface area contributed by atoms with Gasteiger partial charge in [-0.15, -0.1) is 0 Å². The van der Waals surface area contributed by atoms with Crippen molar-refractivity contribution in [3.05, 3.63) is 69.2 Å². The van der Waals surface area contributed by atoms with Crippen molar-refractivity contribution in [2.24, 2.45) is 0 Å². The molecule has 2 aromatic carbocycles. The Hall–Kier alpha value is -1.16. The second kappa shape index (κ2) is 7.21. The fourth-order valence-electron chi connectivity index (χ4n) is 2.16. The fraction of sp³-hybridized carbons (Fsp3) is 0.250. The Balaban J connectivity index is 2.52. The van der Waals surface area contributed by atoms with Crippen LogP contribution in [0.3, 0.4) is 0 Å². The summed E-state index contributed by atoms with van der Waals surface area (Å²) >= 11 is 12.2. The Kier molecular flexibility index (Phi) is 5.57. The van der Waals surface area contributed by atoms with Crippen molar-refractivity contribution in [1.29, 1.82) is 0 Å². The lowest BCUT2D eigenvalue weighted by molar-refractivity contribution is 0.535. The molecule has 0 aromatic heterocycles. The van der Waals surface area contributed by atoms with Gasteiger partial charge < -0.3 is 5.32 Å². The van der Waals surface area contributed by atoms with Crippen molar-refractivity contribution in [2.45, 2.75) is 19.4 Å². The van der Waals surface area contributed by atoms with Crippen molar-refractivity contribution in [1.82, 2.24) is 5.32 Å². The van der Waals surface area contributed by atoms with E-state index in [1.54, 1.807) is 18.2 Å². The van der Waals surface area contributed by atoms with E-state index in [2.05, 4.69) is 5.32 Å². The minimum absolute atomic E-state index is 0.215. The van der Waals surface area contributed by atoms with Gasteiger partial charge in [-0.05, 0) is 42.8 Å². The van der Waals surface area contributed by atoms with Gasteiger partial charge in [0.2, 0.25) is 0 Å². The average molecular weight is 330 g/mol. The van der Waals surface area contributed by atoms with Gasteiger partial charge in [0.05, 0.1) is 16.1 Å². The Morgan fingerprint density at radius 2 is 1.86 bits per heavy atom. The third-order valence-electron chi connectivity index (χ3n) is 3.16. The molecule has 21 heavy (non-hydrogen) atoms. The molecule has 1 atom stereocenters. The molecule has 1 unspecified atom stereocenters. The van der Waals surface area contributed by atoms with E-state index in [0.29, 0.717) is 22.2 Å². The predicted molar refractivity (Wildman–Crippen MR) is 83.0 cm³/mol. The number of nitrogens with one attached hydrogen (secondary N) is 1. The molecule has 0 spiro atoms. The summed E-state index contributed by atoms with van der Waals surface area (Å²) in [5, 5.41) is 3.92. The molecule has 0 saturated carbocycles. The van der Waals surface area contributed by atoms with Crippen molar-refractivity contribution >= 4 is 23.2 Å². The molecule has 0 aliphatic rings. The van der Waals surface area contributed by atoms with Gasteiger partial charge in [0, 0.05) is 5.56 Å². The summed E-state index contributed by atoms with van der Waals surface area (Å²) in [6.07, 6.45) is 0.853. The molecule has 0 amide bonds. The predicted octanol–water partition coefficient (Wildman–Crippen LogP) is 5.36. The standard InChI is InChI=1S/C16H15Cl2F2N/c1-2-8-21-16(11-4-3-5-13(17)15(11)18)12-9-10(19)6-7-14(12)20/h3-7,9,16,21H,2,8H2,1H3. The van der Waals surface area contributed by atoms with Gasteiger partial charge >= 0.3 is 0 Å². The minimum Gasteiger partial charge on any atom is -0.306 e. The Bertz CT molecular complexity index is 630. The molecular formula is C16H15Cl2F2N. The molecule has 0 heterocycles. The van der Waals surface area contributed by atoms with Crippen LogP contribution in [0.15, 0.2) is 36.4 Å². The monoisotopic (exact) mass is 329 g/mol. The zero-order valence-corrected chi connectivity index (χ0v) is 13.0. The highest BCUT2D eigenvalue weighted by molar-refractivity contribution is 6.42. The van der Waals surface area contributed by atoms with Crippen LogP contribution in [0, 0.1) is 11.6 Å². The Morgan fingerprint density at radius 1 is 1.10 bits per heavy atom. The van der Waals surface area contributed by atoms with Gasteiger partial charge in [0.25, 0.3) is 0 Å². The van der Waals surface area contributed by atoms with Gasteiger partial charge in [-0.1, -0.05) is 42.3 Å². The summed E-state index contributed by atoms with van der Waals surface area (Å²) in [5.74, 6) is -0.978. The summed E-state index contributed by atoms with van der Waals surface area (Å²) in [4.78, 5) is 0. The molecule has 2 aromatic rings. The van der Waals surface area contributed by atoms with Crippen LogP contribution in [-0.2, 0) is 0 Å². The molecule has 0 bridgehead atoms.